The van der Waals surface area contributed by atoms with Gasteiger partial charge in [0.15, 0.2) is 5.69 Å². The van der Waals surface area contributed by atoms with Crippen molar-refractivity contribution in [2.45, 2.75) is 64.0 Å². The number of hydrogen-bond acceptors (Lipinski definition) is 3. The van der Waals surface area contributed by atoms with E-state index in [0.717, 1.165) is 12.8 Å². The van der Waals surface area contributed by atoms with Gasteiger partial charge in [0.1, 0.15) is 6.04 Å². The van der Waals surface area contributed by atoms with E-state index in [1.54, 1.807) is 11.8 Å². The fraction of sp³-hybridized carbons (Fsp3) is 0.750. The average Bonchev–Trinajstić information content (AvgIpc) is 3.26. The summed E-state index contributed by atoms with van der Waals surface area (Å²) in [7, 11) is 0. The van der Waals surface area contributed by atoms with E-state index in [2.05, 4.69) is 5.10 Å². The highest BCUT2D eigenvalue weighted by Crippen LogP contribution is 2.47. The maximum atomic E-state index is 13.2. The van der Waals surface area contributed by atoms with Gasteiger partial charge in [-0.2, -0.15) is 18.3 Å². The standard InChI is InChI=1S/C16H21ClF3N3O2/c1-8-6-22(7-9(2)25-8)15(24)10(3)23-13(11-4-5-11)12(17)14(21-23)16(18,19)20/h8-11H,4-7H2,1-3H3/t8-,9-,10-/m0/s1. The fourth-order valence-electron chi connectivity index (χ4n) is 3.35. The molecule has 1 amide bonds. The van der Waals surface area contributed by atoms with Crippen molar-refractivity contribution in [1.29, 1.82) is 0 Å². The number of aromatic nitrogens is 2. The van der Waals surface area contributed by atoms with Gasteiger partial charge in [-0.1, -0.05) is 11.6 Å². The molecule has 0 bridgehead atoms. The van der Waals surface area contributed by atoms with E-state index in [9.17, 15) is 18.0 Å². The maximum absolute atomic E-state index is 13.2. The van der Waals surface area contributed by atoms with Crippen LogP contribution in [0.5, 0.6) is 0 Å². The van der Waals surface area contributed by atoms with Gasteiger partial charge in [-0.05, 0) is 33.6 Å². The van der Waals surface area contributed by atoms with Gasteiger partial charge in [-0.15, -0.1) is 0 Å². The second kappa shape index (κ2) is 6.46. The number of carbonyl (C=O) groups is 1. The quantitative estimate of drug-likeness (QED) is 0.805. The Bertz CT molecular complexity index is 662. The minimum atomic E-state index is -4.64. The largest absolute Gasteiger partial charge is 0.436 e. The first-order chi connectivity index (χ1) is 11.6. The van der Waals surface area contributed by atoms with Gasteiger partial charge in [-0.3, -0.25) is 9.48 Å². The zero-order valence-corrected chi connectivity index (χ0v) is 15.1. The van der Waals surface area contributed by atoms with Gasteiger partial charge in [0, 0.05) is 19.0 Å². The van der Waals surface area contributed by atoms with Crippen LogP contribution >= 0.6 is 11.6 Å². The Morgan fingerprint density at radius 1 is 1.28 bits per heavy atom. The van der Waals surface area contributed by atoms with Crippen molar-refractivity contribution in [2.24, 2.45) is 0 Å². The molecular weight excluding hydrogens is 359 g/mol. The molecule has 25 heavy (non-hydrogen) atoms. The Balaban J connectivity index is 1.91. The van der Waals surface area contributed by atoms with E-state index in [4.69, 9.17) is 16.3 Å². The van der Waals surface area contributed by atoms with Gasteiger partial charge in [0.05, 0.1) is 22.9 Å². The van der Waals surface area contributed by atoms with Crippen LogP contribution in [0.4, 0.5) is 13.2 Å². The Morgan fingerprint density at radius 3 is 2.32 bits per heavy atom. The van der Waals surface area contributed by atoms with Crippen molar-refractivity contribution in [2.75, 3.05) is 13.1 Å². The van der Waals surface area contributed by atoms with Crippen molar-refractivity contribution in [1.82, 2.24) is 14.7 Å². The maximum Gasteiger partial charge on any atom is 0.436 e. The van der Waals surface area contributed by atoms with Gasteiger partial charge in [-0.25, -0.2) is 0 Å². The predicted molar refractivity (Wildman–Crippen MR) is 85.5 cm³/mol. The second-order valence-corrected chi connectivity index (χ2v) is 7.32. The molecule has 2 aliphatic rings. The number of carbonyl (C=O) groups excluding carboxylic acids is 1. The molecule has 3 atom stereocenters. The van der Waals surface area contributed by atoms with E-state index >= 15 is 0 Å². The van der Waals surface area contributed by atoms with E-state index in [-0.39, 0.29) is 29.1 Å². The second-order valence-electron chi connectivity index (χ2n) is 6.94. The Hall–Kier alpha value is -1.28. The number of amides is 1. The number of alkyl halides is 3. The lowest BCUT2D eigenvalue weighted by molar-refractivity contribution is -0.147. The third-order valence-corrected chi connectivity index (χ3v) is 4.95. The Labute approximate surface area is 149 Å². The summed E-state index contributed by atoms with van der Waals surface area (Å²) in [6.45, 7) is 6.12. The van der Waals surface area contributed by atoms with Crippen LogP contribution in [0.15, 0.2) is 0 Å². The fourth-order valence-corrected chi connectivity index (χ4v) is 3.74. The summed E-state index contributed by atoms with van der Waals surface area (Å²) in [5.74, 6) is -0.328. The number of hydrogen-bond donors (Lipinski definition) is 0. The summed E-state index contributed by atoms with van der Waals surface area (Å²) < 4.78 is 46.3. The summed E-state index contributed by atoms with van der Waals surface area (Å²) in [5, 5.41) is 3.30. The molecule has 1 aromatic heterocycles. The molecule has 1 aromatic rings. The van der Waals surface area contributed by atoms with Gasteiger partial charge < -0.3 is 9.64 Å². The SMILES string of the molecule is C[C@H]1CN(C(=O)[C@H](C)n2nc(C(F)(F)F)c(Cl)c2C2CC2)C[C@H](C)O1. The predicted octanol–water partition coefficient (Wildman–Crippen LogP) is 3.63. The van der Waals surface area contributed by atoms with Crippen LogP contribution in [0, 0.1) is 0 Å². The highest BCUT2D eigenvalue weighted by atomic mass is 35.5. The third kappa shape index (κ3) is 3.65. The normalized spacial score (nSPS) is 26.0. The van der Waals surface area contributed by atoms with E-state index in [0.29, 0.717) is 18.8 Å². The molecular formula is C16H21ClF3N3O2. The molecule has 0 spiro atoms. The number of ether oxygens (including phenoxy) is 1. The first-order valence-electron chi connectivity index (χ1n) is 8.39. The van der Waals surface area contributed by atoms with Crippen LogP contribution in [0.1, 0.15) is 57.0 Å². The van der Waals surface area contributed by atoms with Crippen LogP contribution in [0.2, 0.25) is 5.02 Å². The zero-order chi connectivity index (χ0) is 18.5. The molecule has 140 valence electrons. The van der Waals surface area contributed by atoms with Gasteiger partial charge >= 0.3 is 6.18 Å². The highest BCUT2D eigenvalue weighted by Gasteiger charge is 2.43. The van der Waals surface area contributed by atoms with E-state index in [1.165, 1.54) is 4.68 Å². The molecule has 2 heterocycles. The lowest BCUT2D eigenvalue weighted by Crippen LogP contribution is -2.50. The summed E-state index contributed by atoms with van der Waals surface area (Å²) in [6.07, 6.45) is -3.36. The van der Waals surface area contributed by atoms with Gasteiger partial charge in [0.25, 0.3) is 0 Å². The molecule has 0 unspecified atom stereocenters. The van der Waals surface area contributed by atoms with Crippen molar-refractivity contribution < 1.29 is 22.7 Å². The smallest absolute Gasteiger partial charge is 0.372 e. The first-order valence-corrected chi connectivity index (χ1v) is 8.76. The molecule has 1 aliphatic carbocycles. The van der Waals surface area contributed by atoms with Gasteiger partial charge in [0.2, 0.25) is 5.91 Å². The molecule has 1 aliphatic heterocycles. The molecule has 0 aromatic carbocycles. The first kappa shape index (κ1) is 18.5. The molecule has 2 fully saturated rings. The average molecular weight is 380 g/mol. The minimum Gasteiger partial charge on any atom is -0.372 e. The molecule has 1 saturated carbocycles. The van der Waals surface area contributed by atoms with Crippen LogP contribution in [-0.4, -0.2) is 45.9 Å². The third-order valence-electron chi connectivity index (χ3n) is 4.58. The summed E-state index contributed by atoms with van der Waals surface area (Å²) in [4.78, 5) is 14.5. The number of rotatable bonds is 3. The molecule has 3 rings (SSSR count). The Kier molecular flexibility index (Phi) is 4.79. The van der Waals surface area contributed by atoms with Crippen molar-refractivity contribution in [3.05, 3.63) is 16.4 Å². The molecule has 9 heteroatoms. The van der Waals surface area contributed by atoms with Crippen molar-refractivity contribution >= 4 is 17.5 Å². The van der Waals surface area contributed by atoms with Crippen LogP contribution in [0.25, 0.3) is 0 Å². The minimum absolute atomic E-state index is 0.0612. The number of halogens is 4. The number of nitrogens with zero attached hydrogens (tertiary/aromatic N) is 3. The lowest BCUT2D eigenvalue weighted by atomic mass is 10.2. The lowest BCUT2D eigenvalue weighted by Gasteiger charge is -2.36. The molecule has 0 radical (unpaired) electrons. The summed E-state index contributed by atoms with van der Waals surface area (Å²) >= 11 is 5.98. The zero-order valence-electron chi connectivity index (χ0n) is 14.3. The Morgan fingerprint density at radius 2 is 1.84 bits per heavy atom. The monoisotopic (exact) mass is 379 g/mol. The molecule has 0 N–H and O–H groups in total. The molecule has 1 saturated heterocycles. The van der Waals surface area contributed by atoms with Crippen LogP contribution < -0.4 is 0 Å². The van der Waals surface area contributed by atoms with Crippen LogP contribution in [-0.2, 0) is 15.7 Å². The van der Waals surface area contributed by atoms with Crippen molar-refractivity contribution in [3.63, 3.8) is 0 Å². The summed E-state index contributed by atoms with van der Waals surface area (Å²) in [5.41, 5.74) is -0.788. The van der Waals surface area contributed by atoms with Crippen molar-refractivity contribution in [3.8, 4) is 0 Å². The highest BCUT2D eigenvalue weighted by molar-refractivity contribution is 6.32. The van der Waals surface area contributed by atoms with Crippen LogP contribution in [0.3, 0.4) is 0 Å². The van der Waals surface area contributed by atoms with E-state index in [1.807, 2.05) is 13.8 Å². The topological polar surface area (TPSA) is 47.4 Å². The number of morpholine rings is 1. The molecule has 5 nitrogen and oxygen atoms in total. The van der Waals surface area contributed by atoms with E-state index < -0.39 is 17.9 Å². The summed E-state index contributed by atoms with van der Waals surface area (Å²) in [6, 6.07) is -0.846.